The lowest BCUT2D eigenvalue weighted by Gasteiger charge is -2.16. The van der Waals surface area contributed by atoms with Gasteiger partial charge in [0.15, 0.2) is 0 Å². The Morgan fingerprint density at radius 1 is 1.25 bits per heavy atom. The van der Waals surface area contributed by atoms with Crippen LogP contribution in [0.5, 0.6) is 5.75 Å². The van der Waals surface area contributed by atoms with Gasteiger partial charge < -0.3 is 20.7 Å². The minimum Gasteiger partial charge on any atom is -0.490 e. The summed E-state index contributed by atoms with van der Waals surface area (Å²) in [5.41, 5.74) is 6.12. The normalized spacial score (nSPS) is 23.9. The highest BCUT2D eigenvalue weighted by atomic mass is 32.2. The van der Waals surface area contributed by atoms with Gasteiger partial charge in [-0.2, -0.15) is 4.31 Å². The third-order valence-electron chi connectivity index (χ3n) is 3.14. The molecule has 2 unspecified atom stereocenters. The predicted molar refractivity (Wildman–Crippen MR) is 73.7 cm³/mol. The van der Waals surface area contributed by atoms with Gasteiger partial charge >= 0.3 is 0 Å². The summed E-state index contributed by atoms with van der Waals surface area (Å²) in [6.45, 7) is -0.215. The predicted octanol–water partition coefficient (Wildman–Crippen LogP) is -0.985. The van der Waals surface area contributed by atoms with Gasteiger partial charge in [-0.25, -0.2) is 8.42 Å². The van der Waals surface area contributed by atoms with Gasteiger partial charge in [0.05, 0.1) is 23.6 Å². The summed E-state index contributed by atoms with van der Waals surface area (Å²) in [5, 5.41) is 18.7. The molecule has 0 bridgehead atoms. The van der Waals surface area contributed by atoms with Crippen molar-refractivity contribution < 1.29 is 23.4 Å². The van der Waals surface area contributed by atoms with Crippen LogP contribution in [0.1, 0.15) is 0 Å². The first-order valence-electron chi connectivity index (χ1n) is 6.21. The van der Waals surface area contributed by atoms with E-state index in [-0.39, 0.29) is 25.4 Å². The molecule has 1 aromatic carbocycles. The molecule has 1 aromatic rings. The van der Waals surface area contributed by atoms with Crippen LogP contribution in [-0.2, 0) is 10.0 Å². The van der Waals surface area contributed by atoms with E-state index in [1.54, 1.807) is 24.3 Å². The number of benzene rings is 1. The van der Waals surface area contributed by atoms with E-state index >= 15 is 0 Å². The maximum atomic E-state index is 12.0. The molecule has 0 aromatic heterocycles. The van der Waals surface area contributed by atoms with Gasteiger partial charge in [0.1, 0.15) is 12.4 Å². The first-order valence-corrected chi connectivity index (χ1v) is 7.82. The number of aliphatic hydroxyl groups is 2. The fourth-order valence-corrected chi connectivity index (χ4v) is 3.27. The molecule has 1 aliphatic heterocycles. The van der Waals surface area contributed by atoms with E-state index < -0.39 is 22.2 Å². The Kier molecular flexibility index (Phi) is 4.48. The minimum absolute atomic E-state index is 0.0424. The van der Waals surface area contributed by atoms with Crippen LogP contribution in [0.2, 0.25) is 0 Å². The number of nitrogens with two attached hydrogens (primary N) is 1. The molecule has 8 heteroatoms. The summed E-state index contributed by atoms with van der Waals surface area (Å²) in [7, 11) is -3.56. The van der Waals surface area contributed by atoms with Crippen molar-refractivity contribution in [2.75, 3.05) is 31.2 Å². The van der Waals surface area contributed by atoms with Crippen molar-refractivity contribution >= 4 is 15.7 Å². The van der Waals surface area contributed by atoms with Gasteiger partial charge in [-0.15, -0.1) is 0 Å². The number of para-hydroxylation sites is 2. The van der Waals surface area contributed by atoms with Gasteiger partial charge in [-0.05, 0) is 12.1 Å². The van der Waals surface area contributed by atoms with Crippen LogP contribution in [0.3, 0.4) is 0 Å². The number of rotatable bonds is 5. The Morgan fingerprint density at radius 3 is 2.45 bits per heavy atom. The summed E-state index contributed by atoms with van der Waals surface area (Å²) in [6.07, 6.45) is -2.06. The molecule has 1 saturated heterocycles. The molecule has 20 heavy (non-hydrogen) atoms. The summed E-state index contributed by atoms with van der Waals surface area (Å²) in [5.74, 6) is 0.199. The average molecular weight is 302 g/mol. The first-order chi connectivity index (χ1) is 9.40. The van der Waals surface area contributed by atoms with Crippen molar-refractivity contribution in [1.82, 2.24) is 4.31 Å². The Labute approximate surface area is 117 Å². The van der Waals surface area contributed by atoms with Crippen LogP contribution in [0.15, 0.2) is 24.3 Å². The van der Waals surface area contributed by atoms with Crippen molar-refractivity contribution in [3.05, 3.63) is 24.3 Å². The van der Waals surface area contributed by atoms with Gasteiger partial charge in [0.25, 0.3) is 0 Å². The van der Waals surface area contributed by atoms with Crippen LogP contribution in [0.25, 0.3) is 0 Å². The quantitative estimate of drug-likeness (QED) is 0.602. The van der Waals surface area contributed by atoms with Crippen molar-refractivity contribution in [3.63, 3.8) is 0 Å². The highest BCUT2D eigenvalue weighted by Gasteiger charge is 2.36. The van der Waals surface area contributed by atoms with Crippen molar-refractivity contribution in [2.24, 2.45) is 0 Å². The Morgan fingerprint density at radius 2 is 1.85 bits per heavy atom. The standard InChI is InChI=1S/C12H18N2O5S/c13-9-3-1-2-4-12(9)19-5-6-20(17,18)14-7-10(15)11(16)8-14/h1-4,10-11,15-16H,5-8,13H2. The van der Waals surface area contributed by atoms with E-state index in [2.05, 4.69) is 0 Å². The van der Waals surface area contributed by atoms with Crippen LogP contribution in [0.4, 0.5) is 5.69 Å². The van der Waals surface area contributed by atoms with Crippen LogP contribution in [-0.4, -0.2) is 60.6 Å². The second kappa shape index (κ2) is 5.96. The monoisotopic (exact) mass is 302 g/mol. The lowest BCUT2D eigenvalue weighted by Crippen LogP contribution is -2.33. The van der Waals surface area contributed by atoms with Gasteiger partial charge in [-0.3, -0.25) is 0 Å². The number of nitrogens with zero attached hydrogens (tertiary/aromatic N) is 1. The highest BCUT2D eigenvalue weighted by Crippen LogP contribution is 2.20. The third-order valence-corrected chi connectivity index (χ3v) is 4.90. The Bertz CT molecular complexity index is 553. The van der Waals surface area contributed by atoms with E-state index in [1.807, 2.05) is 0 Å². The van der Waals surface area contributed by atoms with Gasteiger partial charge in [0, 0.05) is 13.1 Å². The fraction of sp³-hybridized carbons (Fsp3) is 0.500. The summed E-state index contributed by atoms with van der Waals surface area (Å²) < 4.78 is 30.4. The van der Waals surface area contributed by atoms with Crippen LogP contribution >= 0.6 is 0 Å². The Hall–Kier alpha value is -1.35. The SMILES string of the molecule is Nc1ccccc1OCCS(=O)(=O)N1CC(O)C(O)C1. The molecule has 2 atom stereocenters. The molecular formula is C12H18N2O5S. The summed E-state index contributed by atoms with van der Waals surface area (Å²) in [4.78, 5) is 0. The largest absolute Gasteiger partial charge is 0.490 e. The number of aliphatic hydroxyl groups excluding tert-OH is 2. The van der Waals surface area contributed by atoms with Crippen molar-refractivity contribution in [2.45, 2.75) is 12.2 Å². The molecule has 4 N–H and O–H groups in total. The van der Waals surface area contributed by atoms with Gasteiger partial charge in [-0.1, -0.05) is 12.1 Å². The molecule has 0 spiro atoms. The number of hydrogen-bond acceptors (Lipinski definition) is 6. The first kappa shape index (κ1) is 15.0. The maximum Gasteiger partial charge on any atom is 0.217 e. The molecule has 0 aliphatic carbocycles. The zero-order valence-electron chi connectivity index (χ0n) is 10.8. The third kappa shape index (κ3) is 3.40. The van der Waals surface area contributed by atoms with E-state index in [1.165, 1.54) is 0 Å². The number of ether oxygens (including phenoxy) is 1. The molecule has 2 rings (SSSR count). The molecule has 112 valence electrons. The zero-order valence-corrected chi connectivity index (χ0v) is 11.7. The summed E-state index contributed by atoms with van der Waals surface area (Å²) >= 11 is 0. The number of nitrogen functional groups attached to an aromatic ring is 1. The molecule has 1 aliphatic rings. The molecule has 7 nitrogen and oxygen atoms in total. The van der Waals surface area contributed by atoms with E-state index in [0.717, 1.165) is 4.31 Å². The molecule has 0 saturated carbocycles. The number of anilines is 1. The number of β-amino-alcohol motifs (C(OH)–C–C–N with tert-alkyl or cyclic N) is 2. The fourth-order valence-electron chi connectivity index (χ4n) is 1.96. The lowest BCUT2D eigenvalue weighted by molar-refractivity contribution is 0.0572. The molecule has 1 fully saturated rings. The zero-order chi connectivity index (χ0) is 14.8. The van der Waals surface area contributed by atoms with Crippen LogP contribution < -0.4 is 10.5 Å². The number of hydrogen-bond donors (Lipinski definition) is 3. The maximum absolute atomic E-state index is 12.0. The van der Waals surface area contributed by atoms with Gasteiger partial charge in [0.2, 0.25) is 10.0 Å². The topological polar surface area (TPSA) is 113 Å². The van der Waals surface area contributed by atoms with Crippen molar-refractivity contribution in [3.8, 4) is 5.75 Å². The van der Waals surface area contributed by atoms with E-state index in [9.17, 15) is 18.6 Å². The van der Waals surface area contributed by atoms with E-state index in [0.29, 0.717) is 11.4 Å². The van der Waals surface area contributed by atoms with E-state index in [4.69, 9.17) is 10.5 Å². The van der Waals surface area contributed by atoms with Crippen LogP contribution in [0, 0.1) is 0 Å². The summed E-state index contributed by atoms with van der Waals surface area (Å²) in [6, 6.07) is 6.82. The minimum atomic E-state index is -3.56. The average Bonchev–Trinajstić information content (AvgIpc) is 2.73. The molecule has 0 radical (unpaired) electrons. The Balaban J connectivity index is 1.89. The van der Waals surface area contributed by atoms with Crippen molar-refractivity contribution in [1.29, 1.82) is 0 Å². The second-order valence-corrected chi connectivity index (χ2v) is 6.74. The molecular weight excluding hydrogens is 284 g/mol. The highest BCUT2D eigenvalue weighted by molar-refractivity contribution is 7.89. The lowest BCUT2D eigenvalue weighted by atomic mass is 10.3. The molecule has 0 amide bonds. The smallest absolute Gasteiger partial charge is 0.217 e. The molecule has 1 heterocycles. The second-order valence-electron chi connectivity index (χ2n) is 4.65. The number of sulfonamides is 1.